The van der Waals surface area contributed by atoms with E-state index in [4.69, 9.17) is 0 Å². The van der Waals surface area contributed by atoms with E-state index in [-0.39, 0.29) is 17.8 Å². The molecule has 0 saturated carbocycles. The van der Waals surface area contributed by atoms with E-state index in [1.807, 2.05) is 30.3 Å². The summed E-state index contributed by atoms with van der Waals surface area (Å²) in [6.07, 6.45) is 1.61. The summed E-state index contributed by atoms with van der Waals surface area (Å²) in [6, 6.07) is 20.1. The van der Waals surface area contributed by atoms with Crippen molar-refractivity contribution in [1.82, 2.24) is 9.55 Å². The van der Waals surface area contributed by atoms with Crippen LogP contribution in [-0.2, 0) is 6.54 Å². The van der Waals surface area contributed by atoms with Crippen molar-refractivity contribution in [2.75, 3.05) is 5.32 Å². The molecule has 0 spiro atoms. The number of amides is 1. The number of fused-ring (bicyclic) bond motifs is 1. The lowest BCUT2D eigenvalue weighted by Gasteiger charge is -2.12. The van der Waals surface area contributed by atoms with Gasteiger partial charge in [0.25, 0.3) is 11.5 Å². The van der Waals surface area contributed by atoms with Gasteiger partial charge in [-0.3, -0.25) is 14.2 Å². The molecule has 0 bridgehead atoms. The molecule has 5 nitrogen and oxygen atoms in total. The summed E-state index contributed by atoms with van der Waals surface area (Å²) in [5.74, 6) is -1.06. The van der Waals surface area contributed by atoms with E-state index in [0.717, 1.165) is 5.56 Å². The van der Waals surface area contributed by atoms with Crippen molar-refractivity contribution < 1.29 is 9.18 Å². The Balaban J connectivity index is 1.79. The smallest absolute Gasteiger partial charge is 0.265 e. The van der Waals surface area contributed by atoms with E-state index in [1.54, 1.807) is 24.4 Å². The number of benzene rings is 2. The highest BCUT2D eigenvalue weighted by Crippen LogP contribution is 2.15. The third-order valence-corrected chi connectivity index (χ3v) is 4.36. The first-order valence-electron chi connectivity index (χ1n) is 8.71. The van der Waals surface area contributed by atoms with Crippen molar-refractivity contribution in [3.05, 3.63) is 106 Å². The predicted octanol–water partition coefficient (Wildman–Crippen LogP) is 3.84. The standard InChI is InChI=1S/C22H16FN3O2/c23-17-9-4-10-18(13-17)25-21(27)19-12-16-8-5-11-24-20(16)26(22(19)28)14-15-6-2-1-3-7-15/h1-13H,14H2,(H,25,27). The highest BCUT2D eigenvalue weighted by molar-refractivity contribution is 6.05. The van der Waals surface area contributed by atoms with Crippen LogP contribution in [0, 0.1) is 5.82 Å². The van der Waals surface area contributed by atoms with Gasteiger partial charge in [0.2, 0.25) is 0 Å². The summed E-state index contributed by atoms with van der Waals surface area (Å²) in [7, 11) is 0. The molecule has 0 atom stereocenters. The molecular formula is C22H16FN3O2. The van der Waals surface area contributed by atoms with Gasteiger partial charge >= 0.3 is 0 Å². The molecule has 0 fully saturated rings. The molecule has 1 N–H and O–H groups in total. The molecule has 0 unspecified atom stereocenters. The first kappa shape index (κ1) is 17.6. The molecule has 28 heavy (non-hydrogen) atoms. The summed E-state index contributed by atoms with van der Waals surface area (Å²) in [5, 5.41) is 3.25. The number of rotatable bonds is 4. The largest absolute Gasteiger partial charge is 0.322 e. The van der Waals surface area contributed by atoms with Crippen LogP contribution in [0.15, 0.2) is 83.8 Å². The van der Waals surface area contributed by atoms with Crippen LogP contribution in [0.3, 0.4) is 0 Å². The first-order chi connectivity index (χ1) is 13.6. The third-order valence-electron chi connectivity index (χ3n) is 4.36. The van der Waals surface area contributed by atoms with E-state index in [0.29, 0.717) is 11.0 Å². The number of carbonyl (C=O) groups is 1. The zero-order chi connectivity index (χ0) is 19.5. The highest BCUT2D eigenvalue weighted by atomic mass is 19.1. The lowest BCUT2D eigenvalue weighted by molar-refractivity contribution is 0.102. The van der Waals surface area contributed by atoms with Crippen LogP contribution in [0.5, 0.6) is 0 Å². The number of hydrogen-bond donors (Lipinski definition) is 1. The molecule has 4 aromatic rings. The lowest BCUT2D eigenvalue weighted by atomic mass is 10.1. The summed E-state index contributed by atoms with van der Waals surface area (Å²) in [4.78, 5) is 30.1. The monoisotopic (exact) mass is 373 g/mol. The number of hydrogen-bond acceptors (Lipinski definition) is 3. The number of carbonyl (C=O) groups excluding carboxylic acids is 1. The molecule has 2 heterocycles. The van der Waals surface area contributed by atoms with E-state index in [9.17, 15) is 14.0 Å². The Labute approximate surface area is 160 Å². The second kappa shape index (κ2) is 7.44. The minimum absolute atomic E-state index is 0.0271. The van der Waals surface area contributed by atoms with Crippen molar-refractivity contribution in [2.24, 2.45) is 0 Å². The highest BCUT2D eigenvalue weighted by Gasteiger charge is 2.17. The van der Waals surface area contributed by atoms with Gasteiger partial charge in [-0.2, -0.15) is 0 Å². The molecule has 2 aromatic carbocycles. The Morgan fingerprint density at radius 2 is 1.82 bits per heavy atom. The van der Waals surface area contributed by atoms with Crippen LogP contribution < -0.4 is 10.9 Å². The maximum Gasteiger partial charge on any atom is 0.265 e. The predicted molar refractivity (Wildman–Crippen MR) is 106 cm³/mol. The number of nitrogens with zero attached hydrogens (tertiary/aromatic N) is 2. The zero-order valence-electron chi connectivity index (χ0n) is 14.8. The molecule has 4 rings (SSSR count). The van der Waals surface area contributed by atoms with Crippen LogP contribution in [-0.4, -0.2) is 15.5 Å². The number of nitrogens with one attached hydrogen (secondary N) is 1. The maximum absolute atomic E-state index is 13.4. The number of halogens is 1. The Kier molecular flexibility index (Phi) is 4.68. The minimum atomic E-state index is -0.594. The fourth-order valence-electron chi connectivity index (χ4n) is 3.05. The van der Waals surface area contributed by atoms with Crippen molar-refractivity contribution in [3.63, 3.8) is 0 Å². The Morgan fingerprint density at radius 3 is 2.61 bits per heavy atom. The van der Waals surface area contributed by atoms with Crippen LogP contribution in [0.4, 0.5) is 10.1 Å². The molecule has 6 heteroatoms. The van der Waals surface area contributed by atoms with Crippen LogP contribution >= 0.6 is 0 Å². The quantitative estimate of drug-likeness (QED) is 0.591. The summed E-state index contributed by atoms with van der Waals surface area (Å²) >= 11 is 0. The number of pyridine rings is 2. The van der Waals surface area contributed by atoms with E-state index in [2.05, 4.69) is 10.3 Å². The molecule has 1 amide bonds. The molecular weight excluding hydrogens is 357 g/mol. The Bertz CT molecular complexity index is 1220. The second-order valence-corrected chi connectivity index (χ2v) is 6.32. The normalized spacial score (nSPS) is 10.8. The van der Waals surface area contributed by atoms with Gasteiger partial charge in [-0.25, -0.2) is 9.37 Å². The van der Waals surface area contributed by atoms with Gasteiger partial charge < -0.3 is 5.32 Å². The molecule has 0 saturated heterocycles. The minimum Gasteiger partial charge on any atom is -0.322 e. The molecule has 0 aliphatic carbocycles. The van der Waals surface area contributed by atoms with Gasteiger partial charge in [-0.05, 0) is 42.0 Å². The summed E-state index contributed by atoms with van der Waals surface area (Å²) in [6.45, 7) is 0.286. The van der Waals surface area contributed by atoms with Gasteiger partial charge in [-0.1, -0.05) is 36.4 Å². The summed E-state index contributed by atoms with van der Waals surface area (Å²) in [5.41, 5.74) is 1.22. The molecule has 2 aromatic heterocycles. The van der Waals surface area contributed by atoms with E-state index >= 15 is 0 Å². The average molecular weight is 373 g/mol. The van der Waals surface area contributed by atoms with E-state index in [1.165, 1.54) is 28.8 Å². The van der Waals surface area contributed by atoms with Crippen LogP contribution in [0.2, 0.25) is 0 Å². The Hall–Kier alpha value is -3.80. The number of aromatic nitrogens is 2. The molecule has 0 radical (unpaired) electrons. The van der Waals surface area contributed by atoms with Gasteiger partial charge in [0, 0.05) is 17.3 Å². The van der Waals surface area contributed by atoms with E-state index < -0.39 is 17.3 Å². The number of anilines is 1. The molecule has 0 aliphatic heterocycles. The fourth-order valence-corrected chi connectivity index (χ4v) is 3.05. The van der Waals surface area contributed by atoms with Crippen LogP contribution in [0.1, 0.15) is 15.9 Å². The van der Waals surface area contributed by atoms with Gasteiger partial charge in [0.1, 0.15) is 17.0 Å². The zero-order valence-corrected chi connectivity index (χ0v) is 14.8. The van der Waals surface area contributed by atoms with Crippen molar-refractivity contribution in [3.8, 4) is 0 Å². The average Bonchev–Trinajstić information content (AvgIpc) is 2.70. The summed E-state index contributed by atoms with van der Waals surface area (Å²) < 4.78 is 14.9. The fraction of sp³-hybridized carbons (Fsp3) is 0.0455. The second-order valence-electron chi connectivity index (χ2n) is 6.32. The first-order valence-corrected chi connectivity index (χ1v) is 8.71. The van der Waals surface area contributed by atoms with Crippen molar-refractivity contribution >= 4 is 22.6 Å². The third kappa shape index (κ3) is 3.53. The Morgan fingerprint density at radius 1 is 1.00 bits per heavy atom. The van der Waals surface area contributed by atoms with Gasteiger partial charge in [0.05, 0.1) is 6.54 Å². The van der Waals surface area contributed by atoms with Crippen molar-refractivity contribution in [1.29, 1.82) is 0 Å². The van der Waals surface area contributed by atoms with Crippen molar-refractivity contribution in [2.45, 2.75) is 6.54 Å². The maximum atomic E-state index is 13.4. The molecule has 0 aliphatic rings. The van der Waals surface area contributed by atoms with Gasteiger partial charge in [0.15, 0.2) is 0 Å². The topological polar surface area (TPSA) is 64.0 Å². The SMILES string of the molecule is O=C(Nc1cccc(F)c1)c1cc2cccnc2n(Cc2ccccc2)c1=O. The van der Waals surface area contributed by atoms with Gasteiger partial charge in [-0.15, -0.1) is 0 Å². The van der Waals surface area contributed by atoms with Crippen LogP contribution in [0.25, 0.3) is 11.0 Å². The molecule has 138 valence electrons. The lowest BCUT2D eigenvalue weighted by Crippen LogP contribution is -2.30.